The molecule has 2 aliphatic rings. The van der Waals surface area contributed by atoms with E-state index in [-0.39, 0.29) is 0 Å². The molecule has 66 valence electrons. The summed E-state index contributed by atoms with van der Waals surface area (Å²) in [6.45, 7) is 3.73. The molecule has 2 atom stereocenters. The molecule has 0 saturated heterocycles. The number of fused-ring (bicyclic) bond motifs is 1. The zero-order valence-corrected chi connectivity index (χ0v) is 7.51. The van der Waals surface area contributed by atoms with Crippen LogP contribution in [0.3, 0.4) is 0 Å². The van der Waals surface area contributed by atoms with Gasteiger partial charge < -0.3 is 0 Å². The first-order valence-electron chi connectivity index (χ1n) is 4.92. The summed E-state index contributed by atoms with van der Waals surface area (Å²) < 4.78 is 0. The van der Waals surface area contributed by atoms with Gasteiger partial charge in [0, 0.05) is 12.3 Å². The van der Waals surface area contributed by atoms with E-state index < -0.39 is 0 Å². The normalized spacial score (nSPS) is 39.0. The van der Waals surface area contributed by atoms with Crippen LogP contribution in [-0.2, 0) is 4.79 Å². The zero-order chi connectivity index (χ0) is 8.60. The molecule has 0 aromatic rings. The molecule has 2 aliphatic carbocycles. The third-order valence-corrected chi connectivity index (χ3v) is 3.52. The van der Waals surface area contributed by atoms with Gasteiger partial charge in [-0.05, 0) is 37.5 Å². The molecule has 0 radical (unpaired) electrons. The molecule has 0 aromatic carbocycles. The van der Waals surface area contributed by atoms with Crippen molar-refractivity contribution in [3.63, 3.8) is 0 Å². The van der Waals surface area contributed by atoms with Gasteiger partial charge in [-0.3, -0.25) is 4.79 Å². The van der Waals surface area contributed by atoms with Crippen LogP contribution >= 0.6 is 0 Å². The Labute approximate surface area is 73.8 Å². The lowest BCUT2D eigenvalue weighted by Crippen LogP contribution is -2.16. The van der Waals surface area contributed by atoms with Crippen molar-refractivity contribution in [3.8, 4) is 0 Å². The maximum Gasteiger partial charge on any atom is 0.136 e. The third kappa shape index (κ3) is 1.12. The van der Waals surface area contributed by atoms with Crippen LogP contribution in [0.25, 0.3) is 0 Å². The minimum Gasteiger partial charge on any atom is -0.299 e. The maximum atomic E-state index is 11.4. The smallest absolute Gasteiger partial charge is 0.136 e. The first-order chi connectivity index (χ1) is 5.78. The third-order valence-electron chi connectivity index (χ3n) is 3.52. The molecule has 12 heavy (non-hydrogen) atoms. The second-order valence-electron chi connectivity index (χ2n) is 4.27. The Balaban J connectivity index is 1.96. The quantitative estimate of drug-likeness (QED) is 0.586. The van der Waals surface area contributed by atoms with Crippen LogP contribution < -0.4 is 0 Å². The van der Waals surface area contributed by atoms with Gasteiger partial charge in [0.15, 0.2) is 0 Å². The van der Waals surface area contributed by atoms with E-state index in [4.69, 9.17) is 0 Å². The summed E-state index contributed by atoms with van der Waals surface area (Å²) in [6, 6.07) is 0. The fourth-order valence-electron chi connectivity index (χ4n) is 2.66. The van der Waals surface area contributed by atoms with Crippen LogP contribution in [0.15, 0.2) is 12.7 Å². The summed E-state index contributed by atoms with van der Waals surface area (Å²) in [7, 11) is 0. The molecule has 1 heteroatoms. The standard InChI is InChI=1S/C11H16O/c1-2-3-6-11-7-4-5-10(12)9(11)8-11/h2,9H,1,3-8H2. The van der Waals surface area contributed by atoms with Crippen LogP contribution in [0, 0.1) is 11.3 Å². The number of Topliss-reactive ketones (excluding diaryl/α,β-unsaturated/α-hetero) is 1. The maximum absolute atomic E-state index is 11.4. The van der Waals surface area contributed by atoms with Crippen molar-refractivity contribution in [1.29, 1.82) is 0 Å². The van der Waals surface area contributed by atoms with E-state index >= 15 is 0 Å². The second kappa shape index (κ2) is 2.72. The van der Waals surface area contributed by atoms with Gasteiger partial charge in [-0.25, -0.2) is 0 Å². The van der Waals surface area contributed by atoms with Gasteiger partial charge in [-0.2, -0.15) is 0 Å². The first kappa shape index (κ1) is 8.03. The minimum atomic E-state index is 0.448. The molecule has 0 aromatic heterocycles. The highest BCUT2D eigenvalue weighted by Crippen LogP contribution is 2.62. The molecule has 0 aliphatic heterocycles. The highest BCUT2D eigenvalue weighted by atomic mass is 16.1. The fraction of sp³-hybridized carbons (Fsp3) is 0.727. The van der Waals surface area contributed by atoms with Crippen molar-refractivity contribution in [1.82, 2.24) is 0 Å². The Morgan fingerprint density at radius 1 is 1.67 bits per heavy atom. The van der Waals surface area contributed by atoms with E-state index in [1.165, 1.54) is 19.3 Å². The molecule has 0 spiro atoms. The molecule has 0 amide bonds. The average molecular weight is 164 g/mol. The van der Waals surface area contributed by atoms with Crippen molar-refractivity contribution >= 4 is 5.78 Å². The topological polar surface area (TPSA) is 17.1 Å². The van der Waals surface area contributed by atoms with Gasteiger partial charge in [0.2, 0.25) is 0 Å². The average Bonchev–Trinajstić information content (AvgIpc) is 2.78. The number of allylic oxidation sites excluding steroid dienone is 1. The molecular formula is C11H16O. The van der Waals surface area contributed by atoms with Crippen molar-refractivity contribution < 1.29 is 4.79 Å². The molecule has 2 saturated carbocycles. The summed E-state index contributed by atoms with van der Waals surface area (Å²) in [5.74, 6) is 0.983. The summed E-state index contributed by atoms with van der Waals surface area (Å²) in [6.07, 6.45) is 8.71. The zero-order valence-electron chi connectivity index (χ0n) is 7.51. The van der Waals surface area contributed by atoms with Crippen LogP contribution in [-0.4, -0.2) is 5.78 Å². The SMILES string of the molecule is C=CCCC12CCCC(=O)C1C2. The van der Waals surface area contributed by atoms with Crippen molar-refractivity contribution in [2.45, 2.75) is 38.5 Å². The molecule has 2 unspecified atom stereocenters. The lowest BCUT2D eigenvalue weighted by molar-refractivity contribution is -0.122. The highest BCUT2D eigenvalue weighted by Gasteiger charge is 2.57. The molecule has 0 N–H and O–H groups in total. The number of rotatable bonds is 3. The number of carbonyl (C=O) groups is 1. The van der Waals surface area contributed by atoms with E-state index in [9.17, 15) is 4.79 Å². The molecule has 0 bridgehead atoms. The van der Waals surface area contributed by atoms with E-state index in [1.807, 2.05) is 6.08 Å². The monoisotopic (exact) mass is 164 g/mol. The number of ketones is 1. The summed E-state index contributed by atoms with van der Waals surface area (Å²) in [5, 5.41) is 0. The predicted octanol–water partition coefficient (Wildman–Crippen LogP) is 2.71. The lowest BCUT2D eigenvalue weighted by atomic mass is 9.84. The van der Waals surface area contributed by atoms with Crippen LogP contribution in [0.2, 0.25) is 0 Å². The van der Waals surface area contributed by atoms with Crippen LogP contribution in [0.5, 0.6) is 0 Å². The van der Waals surface area contributed by atoms with Crippen LogP contribution in [0.1, 0.15) is 38.5 Å². The van der Waals surface area contributed by atoms with Crippen LogP contribution in [0.4, 0.5) is 0 Å². The number of hydrogen-bond acceptors (Lipinski definition) is 1. The molecule has 2 rings (SSSR count). The Hall–Kier alpha value is -0.590. The molecule has 2 fully saturated rings. The van der Waals surface area contributed by atoms with E-state index in [0.717, 1.165) is 19.3 Å². The lowest BCUT2D eigenvalue weighted by Gasteiger charge is -2.20. The van der Waals surface area contributed by atoms with Crippen molar-refractivity contribution in [2.24, 2.45) is 11.3 Å². The first-order valence-corrected chi connectivity index (χ1v) is 4.92. The van der Waals surface area contributed by atoms with Gasteiger partial charge >= 0.3 is 0 Å². The Morgan fingerprint density at radius 2 is 2.50 bits per heavy atom. The predicted molar refractivity (Wildman–Crippen MR) is 48.8 cm³/mol. The number of carbonyl (C=O) groups excluding carboxylic acids is 1. The highest BCUT2D eigenvalue weighted by molar-refractivity contribution is 5.85. The van der Waals surface area contributed by atoms with E-state index in [0.29, 0.717) is 17.1 Å². The Bertz CT molecular complexity index is 219. The summed E-state index contributed by atoms with van der Waals surface area (Å²) >= 11 is 0. The second-order valence-corrected chi connectivity index (χ2v) is 4.27. The van der Waals surface area contributed by atoms with E-state index in [1.54, 1.807) is 0 Å². The largest absolute Gasteiger partial charge is 0.299 e. The molecule has 1 nitrogen and oxygen atoms in total. The van der Waals surface area contributed by atoms with Crippen molar-refractivity contribution in [2.75, 3.05) is 0 Å². The minimum absolute atomic E-state index is 0.448. The Kier molecular flexibility index (Phi) is 1.82. The summed E-state index contributed by atoms with van der Waals surface area (Å²) in [5.41, 5.74) is 0.448. The van der Waals surface area contributed by atoms with Gasteiger partial charge in [0.05, 0.1) is 0 Å². The van der Waals surface area contributed by atoms with Gasteiger partial charge in [0.25, 0.3) is 0 Å². The van der Waals surface area contributed by atoms with E-state index in [2.05, 4.69) is 6.58 Å². The molecule has 0 heterocycles. The molecular weight excluding hydrogens is 148 g/mol. The number of hydrogen-bond donors (Lipinski definition) is 0. The van der Waals surface area contributed by atoms with Gasteiger partial charge in [0.1, 0.15) is 5.78 Å². The van der Waals surface area contributed by atoms with Crippen molar-refractivity contribution in [3.05, 3.63) is 12.7 Å². The fourth-order valence-corrected chi connectivity index (χ4v) is 2.66. The van der Waals surface area contributed by atoms with Gasteiger partial charge in [-0.15, -0.1) is 6.58 Å². The van der Waals surface area contributed by atoms with Gasteiger partial charge in [-0.1, -0.05) is 6.08 Å². The Morgan fingerprint density at radius 3 is 3.25 bits per heavy atom. The summed E-state index contributed by atoms with van der Waals surface area (Å²) in [4.78, 5) is 11.4.